The van der Waals surface area contributed by atoms with Crippen LogP contribution in [0.3, 0.4) is 0 Å². The van der Waals surface area contributed by atoms with Crippen molar-refractivity contribution in [3.8, 4) is 0 Å². The molecule has 1 fully saturated rings. The molecule has 8 heteroatoms. The van der Waals surface area contributed by atoms with Gasteiger partial charge in [-0.2, -0.15) is 10.2 Å². The Labute approximate surface area is 172 Å². The van der Waals surface area contributed by atoms with Gasteiger partial charge in [0.25, 0.3) is 5.91 Å². The van der Waals surface area contributed by atoms with Crippen molar-refractivity contribution in [3.05, 3.63) is 35.4 Å². The molecule has 0 saturated carbocycles. The Bertz CT molecular complexity index is 829. The minimum atomic E-state index is 0.0814. The number of ether oxygens (including phenoxy) is 1. The summed E-state index contributed by atoms with van der Waals surface area (Å²) in [4.78, 5) is 17.3. The molecule has 1 saturated heterocycles. The zero-order valence-corrected chi connectivity index (χ0v) is 17.6. The molecule has 4 heterocycles. The number of amides is 1. The third-order valence-electron chi connectivity index (χ3n) is 6.01. The highest BCUT2D eigenvalue weighted by Crippen LogP contribution is 2.28. The summed E-state index contributed by atoms with van der Waals surface area (Å²) in [6.07, 6.45) is 7.32. The van der Waals surface area contributed by atoms with Crippen LogP contribution in [0, 0.1) is 0 Å². The summed E-state index contributed by atoms with van der Waals surface area (Å²) in [7, 11) is 1.67. The van der Waals surface area contributed by atoms with Crippen LogP contribution in [0.15, 0.2) is 18.5 Å². The number of hydrogen-bond donors (Lipinski definition) is 0. The van der Waals surface area contributed by atoms with E-state index in [1.807, 2.05) is 26.5 Å². The van der Waals surface area contributed by atoms with Crippen molar-refractivity contribution in [1.29, 1.82) is 0 Å². The molecular weight excluding hydrogens is 368 g/mol. The van der Waals surface area contributed by atoms with Crippen LogP contribution >= 0.6 is 0 Å². The lowest BCUT2D eigenvalue weighted by molar-refractivity contribution is 0.0698. The molecule has 0 aliphatic carbocycles. The number of piperidine rings is 1. The standard InChI is InChI=1S/C21H32N6O2/c1-3-26-15-17(13-22-26)14-24-7-4-6-18(16-24)19-12-20-21(28)25(10-11-29-2)8-5-9-27(20)23-19/h12-13,15,18H,3-11,14,16H2,1-2H3. The first kappa shape index (κ1) is 20.1. The molecule has 29 heavy (non-hydrogen) atoms. The van der Waals surface area contributed by atoms with E-state index in [9.17, 15) is 4.79 Å². The van der Waals surface area contributed by atoms with Crippen LogP contribution in [0.1, 0.15) is 53.8 Å². The fraction of sp³-hybridized carbons (Fsp3) is 0.667. The van der Waals surface area contributed by atoms with Gasteiger partial charge in [-0.3, -0.25) is 19.1 Å². The molecule has 2 aromatic rings. The number of methoxy groups -OCH3 is 1. The Hall–Kier alpha value is -2.19. The van der Waals surface area contributed by atoms with Crippen molar-refractivity contribution in [2.45, 2.75) is 51.7 Å². The number of aryl methyl sites for hydroxylation is 2. The molecule has 0 bridgehead atoms. The number of rotatable bonds is 7. The van der Waals surface area contributed by atoms with E-state index in [1.54, 1.807) is 7.11 Å². The van der Waals surface area contributed by atoms with Gasteiger partial charge in [-0.15, -0.1) is 0 Å². The normalized spacial score (nSPS) is 20.7. The monoisotopic (exact) mass is 400 g/mol. The SMILES string of the molecule is CCn1cc(CN2CCCC(c3cc4n(n3)CCCN(CCOC)C4=O)C2)cn1. The summed E-state index contributed by atoms with van der Waals surface area (Å²) < 4.78 is 9.07. The van der Waals surface area contributed by atoms with E-state index < -0.39 is 0 Å². The number of carbonyl (C=O) groups is 1. The first-order chi connectivity index (χ1) is 14.2. The quantitative estimate of drug-likeness (QED) is 0.711. The molecule has 2 aliphatic rings. The van der Waals surface area contributed by atoms with Gasteiger partial charge in [-0.05, 0) is 38.8 Å². The van der Waals surface area contributed by atoms with E-state index in [-0.39, 0.29) is 5.91 Å². The molecule has 1 unspecified atom stereocenters. The smallest absolute Gasteiger partial charge is 0.272 e. The lowest BCUT2D eigenvalue weighted by Crippen LogP contribution is -2.34. The van der Waals surface area contributed by atoms with E-state index in [1.165, 1.54) is 5.56 Å². The third-order valence-corrected chi connectivity index (χ3v) is 6.01. The molecule has 0 N–H and O–H groups in total. The van der Waals surface area contributed by atoms with E-state index in [0.717, 1.165) is 69.9 Å². The highest BCUT2D eigenvalue weighted by Gasteiger charge is 2.29. The second-order valence-electron chi connectivity index (χ2n) is 8.09. The molecule has 1 amide bonds. The Balaban J connectivity index is 1.44. The molecule has 2 aliphatic heterocycles. The molecule has 158 valence electrons. The summed E-state index contributed by atoms with van der Waals surface area (Å²) in [5, 5.41) is 9.24. The fourth-order valence-electron chi connectivity index (χ4n) is 4.43. The van der Waals surface area contributed by atoms with Gasteiger partial charge in [0.15, 0.2) is 0 Å². The largest absolute Gasteiger partial charge is 0.383 e. The fourth-order valence-corrected chi connectivity index (χ4v) is 4.43. The van der Waals surface area contributed by atoms with Gasteiger partial charge in [-0.1, -0.05) is 0 Å². The zero-order chi connectivity index (χ0) is 20.2. The van der Waals surface area contributed by atoms with Crippen molar-refractivity contribution < 1.29 is 9.53 Å². The van der Waals surface area contributed by atoms with Crippen molar-refractivity contribution in [2.75, 3.05) is 39.9 Å². The number of nitrogens with zero attached hydrogens (tertiary/aromatic N) is 6. The van der Waals surface area contributed by atoms with Gasteiger partial charge in [0.1, 0.15) is 5.69 Å². The summed E-state index contributed by atoms with van der Waals surface area (Å²) in [6, 6.07) is 2.04. The minimum absolute atomic E-state index is 0.0814. The molecule has 1 atom stereocenters. The number of hydrogen-bond acceptors (Lipinski definition) is 5. The van der Waals surface area contributed by atoms with Crippen LogP contribution in [-0.4, -0.2) is 75.2 Å². The second-order valence-corrected chi connectivity index (χ2v) is 8.09. The molecule has 0 aromatic carbocycles. The van der Waals surface area contributed by atoms with E-state index in [2.05, 4.69) is 23.1 Å². The summed E-state index contributed by atoms with van der Waals surface area (Å²) in [5.41, 5.74) is 3.06. The molecule has 8 nitrogen and oxygen atoms in total. The lowest BCUT2D eigenvalue weighted by atomic mass is 9.94. The Kier molecular flexibility index (Phi) is 6.30. The van der Waals surface area contributed by atoms with Crippen molar-refractivity contribution in [2.24, 2.45) is 0 Å². The number of fused-ring (bicyclic) bond motifs is 1. The van der Waals surface area contributed by atoms with Gasteiger partial charge in [0.2, 0.25) is 0 Å². The summed E-state index contributed by atoms with van der Waals surface area (Å²) >= 11 is 0. The van der Waals surface area contributed by atoms with Crippen LogP contribution in [0.5, 0.6) is 0 Å². The predicted molar refractivity (Wildman–Crippen MR) is 110 cm³/mol. The van der Waals surface area contributed by atoms with Gasteiger partial charge in [0.05, 0.1) is 18.5 Å². The van der Waals surface area contributed by atoms with Crippen molar-refractivity contribution in [1.82, 2.24) is 29.4 Å². The first-order valence-electron chi connectivity index (χ1n) is 10.8. The van der Waals surface area contributed by atoms with Crippen LogP contribution < -0.4 is 0 Å². The number of carbonyl (C=O) groups excluding carboxylic acids is 1. The zero-order valence-electron chi connectivity index (χ0n) is 17.6. The first-order valence-corrected chi connectivity index (χ1v) is 10.8. The third kappa shape index (κ3) is 4.53. The van der Waals surface area contributed by atoms with E-state index in [0.29, 0.717) is 19.1 Å². The maximum Gasteiger partial charge on any atom is 0.272 e. The highest BCUT2D eigenvalue weighted by molar-refractivity contribution is 5.93. The van der Waals surface area contributed by atoms with Gasteiger partial charge in [-0.25, -0.2) is 0 Å². The summed E-state index contributed by atoms with van der Waals surface area (Å²) in [6.45, 7) is 8.79. The lowest BCUT2D eigenvalue weighted by Gasteiger charge is -2.31. The van der Waals surface area contributed by atoms with Gasteiger partial charge in [0, 0.05) is 64.1 Å². The Morgan fingerprint density at radius 3 is 2.93 bits per heavy atom. The summed E-state index contributed by atoms with van der Waals surface area (Å²) in [5.74, 6) is 0.461. The molecular formula is C21H32N6O2. The topological polar surface area (TPSA) is 68.4 Å². The van der Waals surface area contributed by atoms with Crippen molar-refractivity contribution >= 4 is 5.91 Å². The highest BCUT2D eigenvalue weighted by atomic mass is 16.5. The maximum atomic E-state index is 13.0. The van der Waals surface area contributed by atoms with Gasteiger partial charge >= 0.3 is 0 Å². The van der Waals surface area contributed by atoms with Crippen LogP contribution in [-0.2, 0) is 24.4 Å². The Morgan fingerprint density at radius 1 is 1.24 bits per heavy atom. The van der Waals surface area contributed by atoms with Crippen LogP contribution in [0.25, 0.3) is 0 Å². The molecule has 0 spiro atoms. The van der Waals surface area contributed by atoms with Gasteiger partial charge < -0.3 is 9.64 Å². The van der Waals surface area contributed by atoms with E-state index >= 15 is 0 Å². The van der Waals surface area contributed by atoms with Crippen LogP contribution in [0.4, 0.5) is 0 Å². The second kappa shape index (κ2) is 9.09. The van der Waals surface area contributed by atoms with E-state index in [4.69, 9.17) is 9.84 Å². The molecule has 2 aromatic heterocycles. The minimum Gasteiger partial charge on any atom is -0.383 e. The molecule has 4 rings (SSSR count). The number of aromatic nitrogens is 4. The average molecular weight is 401 g/mol. The number of likely N-dealkylation sites (tertiary alicyclic amines) is 1. The average Bonchev–Trinajstić information content (AvgIpc) is 3.34. The van der Waals surface area contributed by atoms with Crippen LogP contribution in [0.2, 0.25) is 0 Å². The molecule has 0 radical (unpaired) electrons. The maximum absolute atomic E-state index is 13.0. The Morgan fingerprint density at radius 2 is 2.14 bits per heavy atom. The predicted octanol–water partition coefficient (Wildman–Crippen LogP) is 1.97. The van der Waals surface area contributed by atoms with Crippen molar-refractivity contribution in [3.63, 3.8) is 0 Å².